The van der Waals surface area contributed by atoms with Gasteiger partial charge >= 0.3 is 0 Å². The first-order valence-electron chi connectivity index (χ1n) is 14.3. The number of nitrogens with one attached hydrogen (secondary N) is 1. The fraction of sp³-hybridized carbons (Fsp3) is 0.500. The van der Waals surface area contributed by atoms with Crippen molar-refractivity contribution in [3.8, 4) is 22.6 Å². The molecule has 0 unspecified atom stereocenters. The number of hydrogen-bond acceptors (Lipinski definition) is 6. The molecule has 7 nitrogen and oxygen atoms in total. The first-order valence-corrected chi connectivity index (χ1v) is 15.3. The molecule has 1 fully saturated rings. The van der Waals surface area contributed by atoms with Crippen LogP contribution in [0.4, 0.5) is 0 Å². The van der Waals surface area contributed by atoms with Crippen molar-refractivity contribution in [2.45, 2.75) is 78.2 Å². The van der Waals surface area contributed by atoms with Crippen LogP contribution < -0.4 is 15.0 Å². The number of nitrogens with zero attached hydrogens (tertiary/aromatic N) is 2. The van der Waals surface area contributed by atoms with Crippen molar-refractivity contribution >= 4 is 17.2 Å². The lowest BCUT2D eigenvalue weighted by atomic mass is 9.81. The Morgan fingerprint density at radius 2 is 1.80 bits per heavy atom. The largest absolute Gasteiger partial charge is 0.448 e. The van der Waals surface area contributed by atoms with Crippen molar-refractivity contribution in [2.75, 3.05) is 20.6 Å². The van der Waals surface area contributed by atoms with Crippen LogP contribution >= 0.6 is 11.3 Å². The molecule has 6 rings (SSSR count). The molecule has 3 aliphatic rings. The van der Waals surface area contributed by atoms with E-state index in [0.717, 1.165) is 64.9 Å². The van der Waals surface area contributed by atoms with E-state index in [2.05, 4.69) is 47.7 Å². The minimum Gasteiger partial charge on any atom is -0.448 e. The monoisotopic (exact) mass is 561 g/mol. The zero-order valence-electron chi connectivity index (χ0n) is 24.3. The number of aromatic nitrogens is 1. The molecule has 2 aromatic heterocycles. The molecule has 1 saturated carbocycles. The van der Waals surface area contributed by atoms with E-state index in [0.29, 0.717) is 35.9 Å². The third-order valence-corrected chi connectivity index (χ3v) is 10.00. The third kappa shape index (κ3) is 4.45. The van der Waals surface area contributed by atoms with E-state index in [-0.39, 0.29) is 23.9 Å². The Balaban J connectivity index is 1.38. The molecule has 4 heterocycles. The highest BCUT2D eigenvalue weighted by Gasteiger charge is 2.49. The van der Waals surface area contributed by atoms with Gasteiger partial charge in [-0.25, -0.2) is 0 Å². The average Bonchev–Trinajstić information content (AvgIpc) is 3.56. The summed E-state index contributed by atoms with van der Waals surface area (Å²) in [7, 11) is 4.31. The molecule has 1 atom stereocenters. The molecule has 2 aliphatic heterocycles. The number of pyridine rings is 1. The van der Waals surface area contributed by atoms with Crippen molar-refractivity contribution in [1.29, 1.82) is 0 Å². The van der Waals surface area contributed by atoms with Crippen LogP contribution in [0.1, 0.15) is 70.9 Å². The number of carbonyl (C=O) groups excluding carboxylic acids is 1. The van der Waals surface area contributed by atoms with E-state index in [1.165, 1.54) is 0 Å². The fourth-order valence-electron chi connectivity index (χ4n) is 6.99. The maximum atomic E-state index is 14.1. The number of amides is 1. The molecule has 0 saturated heterocycles. The molecule has 0 bridgehead atoms. The number of aryl methyl sites for hydroxylation is 2. The molecule has 1 aliphatic carbocycles. The van der Waals surface area contributed by atoms with Crippen LogP contribution in [0.25, 0.3) is 11.1 Å². The maximum Gasteiger partial charge on any atom is 0.254 e. The van der Waals surface area contributed by atoms with Crippen LogP contribution in [0, 0.1) is 26.7 Å². The van der Waals surface area contributed by atoms with Crippen molar-refractivity contribution in [3.63, 3.8) is 0 Å². The lowest BCUT2D eigenvalue weighted by molar-refractivity contribution is -0.123. The third-order valence-electron chi connectivity index (χ3n) is 9.32. The van der Waals surface area contributed by atoms with Crippen LogP contribution in [0.15, 0.2) is 27.7 Å². The van der Waals surface area contributed by atoms with Gasteiger partial charge in [-0.3, -0.25) is 9.59 Å². The summed E-state index contributed by atoms with van der Waals surface area (Å²) in [4.78, 5) is 33.9. The quantitative estimate of drug-likeness (QED) is 0.424. The molecule has 1 N–H and O–H groups in total. The lowest BCUT2D eigenvalue weighted by Crippen LogP contribution is -2.46. The molecular weight excluding hydrogens is 522 g/mol. The number of thiophene rings is 1. The number of H-pyrrole nitrogens is 1. The van der Waals surface area contributed by atoms with Gasteiger partial charge in [-0.05, 0) is 107 Å². The van der Waals surface area contributed by atoms with E-state index in [1.807, 2.05) is 31.7 Å². The number of fused-ring (bicyclic) bond motifs is 2. The summed E-state index contributed by atoms with van der Waals surface area (Å²) in [6.45, 7) is 8.70. The van der Waals surface area contributed by atoms with Gasteiger partial charge in [0.2, 0.25) is 0 Å². The van der Waals surface area contributed by atoms with Crippen LogP contribution in [0.2, 0.25) is 0 Å². The standard InChI is InChI=1S/C32H39N3O4S/c1-18-15-19(2)33-30(36)25(18)16-35-13-11-24-26(31(35)37)20(3)28-29(27(24)21-12-14-40-17-21)39-32(4,38-28)22-7-9-23(10-8-22)34(5)6/h12,14-15,17,22-23H,7-11,13,16H2,1-6H3,(H,33,36)/t22?,23?,32-/m1/s1. The van der Waals surface area contributed by atoms with Gasteiger partial charge in [-0.2, -0.15) is 11.3 Å². The number of carbonyl (C=O) groups is 1. The summed E-state index contributed by atoms with van der Waals surface area (Å²) in [5, 5.41) is 4.19. The minimum absolute atomic E-state index is 0.0545. The Labute approximate surface area is 240 Å². The van der Waals surface area contributed by atoms with E-state index in [4.69, 9.17) is 9.47 Å². The molecular formula is C32H39N3O4S. The van der Waals surface area contributed by atoms with Gasteiger partial charge in [-0.1, -0.05) is 0 Å². The normalized spacial score (nSPS) is 24.1. The van der Waals surface area contributed by atoms with E-state index in [9.17, 15) is 9.59 Å². The van der Waals surface area contributed by atoms with Crippen LogP contribution in [0.3, 0.4) is 0 Å². The predicted molar refractivity (Wildman–Crippen MR) is 159 cm³/mol. The molecule has 1 amide bonds. The van der Waals surface area contributed by atoms with Crippen molar-refractivity contribution in [2.24, 2.45) is 5.92 Å². The Kier molecular flexibility index (Phi) is 6.82. The minimum atomic E-state index is -0.770. The number of benzene rings is 1. The number of aromatic amines is 1. The van der Waals surface area contributed by atoms with Crippen molar-refractivity contribution < 1.29 is 14.3 Å². The summed E-state index contributed by atoms with van der Waals surface area (Å²) >= 11 is 1.64. The Morgan fingerprint density at radius 3 is 2.45 bits per heavy atom. The summed E-state index contributed by atoms with van der Waals surface area (Å²) < 4.78 is 13.6. The van der Waals surface area contributed by atoms with E-state index in [1.54, 1.807) is 11.3 Å². The molecule has 1 aromatic carbocycles. The zero-order chi connectivity index (χ0) is 28.3. The summed E-state index contributed by atoms with van der Waals surface area (Å²) in [5.41, 5.74) is 6.83. The number of ether oxygens (including phenoxy) is 2. The highest BCUT2D eigenvalue weighted by atomic mass is 32.1. The van der Waals surface area contributed by atoms with Crippen LogP contribution in [-0.2, 0) is 13.0 Å². The highest BCUT2D eigenvalue weighted by Crippen LogP contribution is 2.55. The van der Waals surface area contributed by atoms with Gasteiger partial charge < -0.3 is 24.3 Å². The summed E-state index contributed by atoms with van der Waals surface area (Å²) in [5.74, 6) is 0.914. The Morgan fingerprint density at radius 1 is 1.07 bits per heavy atom. The summed E-state index contributed by atoms with van der Waals surface area (Å²) in [6, 6.07) is 4.65. The second kappa shape index (κ2) is 10.1. The van der Waals surface area contributed by atoms with Crippen LogP contribution in [0.5, 0.6) is 11.5 Å². The van der Waals surface area contributed by atoms with E-state index < -0.39 is 5.79 Å². The van der Waals surface area contributed by atoms with Crippen molar-refractivity contribution in [3.05, 3.63) is 66.8 Å². The predicted octanol–water partition coefficient (Wildman–Crippen LogP) is 5.83. The number of hydrogen-bond donors (Lipinski definition) is 1. The molecule has 0 radical (unpaired) electrons. The smallest absolute Gasteiger partial charge is 0.254 e. The van der Waals surface area contributed by atoms with Gasteiger partial charge in [0.15, 0.2) is 11.5 Å². The number of rotatable bonds is 5. The lowest BCUT2D eigenvalue weighted by Gasteiger charge is -2.39. The van der Waals surface area contributed by atoms with Gasteiger partial charge in [0.05, 0.1) is 12.1 Å². The molecule has 40 heavy (non-hydrogen) atoms. The molecule has 0 spiro atoms. The van der Waals surface area contributed by atoms with Crippen LogP contribution in [-0.4, -0.2) is 53.2 Å². The molecule has 212 valence electrons. The Hall–Kier alpha value is -3.10. The first kappa shape index (κ1) is 27.1. The van der Waals surface area contributed by atoms with Gasteiger partial charge in [-0.15, -0.1) is 0 Å². The Bertz CT molecular complexity index is 1520. The topological polar surface area (TPSA) is 74.9 Å². The van der Waals surface area contributed by atoms with Gasteiger partial charge in [0.25, 0.3) is 17.3 Å². The van der Waals surface area contributed by atoms with Gasteiger partial charge in [0, 0.05) is 47.8 Å². The van der Waals surface area contributed by atoms with Crippen molar-refractivity contribution in [1.82, 2.24) is 14.8 Å². The SMILES string of the molecule is Cc1cc(C)c(CN2CCc3c(c(C)c4c(c3-c3ccsc3)O[C@](C)(C3CCC(N(C)C)CC3)O4)C2=O)c(=O)[nH]1. The zero-order valence-corrected chi connectivity index (χ0v) is 25.2. The average molecular weight is 562 g/mol. The molecule has 8 heteroatoms. The van der Waals surface area contributed by atoms with E-state index >= 15 is 0 Å². The summed E-state index contributed by atoms with van der Waals surface area (Å²) in [6.07, 6.45) is 5.01. The fourth-order valence-corrected chi connectivity index (χ4v) is 7.64. The van der Waals surface area contributed by atoms with Gasteiger partial charge in [0.1, 0.15) is 0 Å². The second-order valence-electron chi connectivity index (χ2n) is 12.1. The highest BCUT2D eigenvalue weighted by molar-refractivity contribution is 7.08. The molecule has 3 aromatic rings. The first-order chi connectivity index (χ1) is 19.1. The maximum absolute atomic E-state index is 14.1. The second-order valence-corrected chi connectivity index (χ2v) is 12.9.